The summed E-state index contributed by atoms with van der Waals surface area (Å²) in [4.78, 5) is 24.9. The van der Waals surface area contributed by atoms with Crippen LogP contribution in [0.3, 0.4) is 0 Å². The molecule has 0 aromatic rings. The lowest BCUT2D eigenvalue weighted by molar-refractivity contribution is -0.139. The molecule has 1 aliphatic heterocycles. The third-order valence-electron chi connectivity index (χ3n) is 5.14. The Bertz CT molecular complexity index is 509. The monoisotopic (exact) mass is 308 g/mol. The first-order valence-corrected chi connectivity index (χ1v) is 7.98. The van der Waals surface area contributed by atoms with Crippen LogP contribution in [0.15, 0.2) is 23.8 Å². The fourth-order valence-electron chi connectivity index (χ4n) is 3.67. The molecule has 1 aliphatic carbocycles. The van der Waals surface area contributed by atoms with E-state index >= 15 is 0 Å². The first-order valence-electron chi connectivity index (χ1n) is 7.98. The highest BCUT2D eigenvalue weighted by Gasteiger charge is 2.53. The number of alkyl halides is 1. The van der Waals surface area contributed by atoms with Gasteiger partial charge in [0.25, 0.3) is 0 Å². The van der Waals surface area contributed by atoms with Crippen molar-refractivity contribution in [2.75, 3.05) is 19.8 Å². The van der Waals surface area contributed by atoms with E-state index in [1.165, 1.54) is 0 Å². The molecule has 2 aliphatic rings. The SMILES string of the molecule is CCC(C)C(=O)C1(CF)C(C2CCNC2)=CC=CC1C(N)=O. The number of nitrogens with two attached hydrogens (primary N) is 1. The van der Waals surface area contributed by atoms with Crippen molar-refractivity contribution in [3.8, 4) is 0 Å². The molecule has 4 nitrogen and oxygen atoms in total. The minimum Gasteiger partial charge on any atom is -0.369 e. The molecule has 1 amide bonds. The maximum absolute atomic E-state index is 14.3. The van der Waals surface area contributed by atoms with Gasteiger partial charge in [-0.15, -0.1) is 0 Å². The van der Waals surface area contributed by atoms with Crippen molar-refractivity contribution in [1.29, 1.82) is 0 Å². The van der Waals surface area contributed by atoms with Gasteiger partial charge in [0.2, 0.25) is 5.91 Å². The predicted octanol–water partition coefficient (Wildman–Crippen LogP) is 1.76. The highest BCUT2D eigenvalue weighted by molar-refractivity contribution is 5.97. The lowest BCUT2D eigenvalue weighted by Gasteiger charge is -2.42. The second-order valence-electron chi connectivity index (χ2n) is 6.36. The maximum atomic E-state index is 14.3. The Morgan fingerprint density at radius 1 is 1.55 bits per heavy atom. The van der Waals surface area contributed by atoms with Crippen LogP contribution in [0.1, 0.15) is 26.7 Å². The van der Waals surface area contributed by atoms with E-state index < -0.39 is 23.9 Å². The van der Waals surface area contributed by atoms with Crippen molar-refractivity contribution in [2.45, 2.75) is 26.7 Å². The van der Waals surface area contributed by atoms with Gasteiger partial charge in [-0.1, -0.05) is 32.1 Å². The van der Waals surface area contributed by atoms with Gasteiger partial charge in [0.05, 0.1) is 11.3 Å². The normalized spacial score (nSPS) is 32.6. The van der Waals surface area contributed by atoms with E-state index in [2.05, 4.69) is 5.32 Å². The van der Waals surface area contributed by atoms with Crippen LogP contribution in [0.25, 0.3) is 0 Å². The molecule has 2 rings (SSSR count). The molecular weight excluding hydrogens is 283 g/mol. The Labute approximate surface area is 131 Å². The molecule has 0 spiro atoms. The van der Waals surface area contributed by atoms with Gasteiger partial charge < -0.3 is 11.1 Å². The number of allylic oxidation sites excluding steroid dienone is 2. The highest BCUT2D eigenvalue weighted by Crippen LogP contribution is 2.47. The molecule has 0 radical (unpaired) electrons. The number of rotatable bonds is 6. The molecule has 0 bridgehead atoms. The molecule has 0 aromatic heterocycles. The quantitative estimate of drug-likeness (QED) is 0.785. The molecule has 4 atom stereocenters. The molecule has 3 N–H and O–H groups in total. The van der Waals surface area contributed by atoms with Gasteiger partial charge in [0.15, 0.2) is 0 Å². The van der Waals surface area contributed by atoms with Crippen molar-refractivity contribution in [3.63, 3.8) is 0 Å². The predicted molar refractivity (Wildman–Crippen MR) is 83.8 cm³/mol. The molecule has 1 saturated heterocycles. The number of ketones is 1. The van der Waals surface area contributed by atoms with Crippen molar-refractivity contribution < 1.29 is 14.0 Å². The number of nitrogens with one attached hydrogen (secondary N) is 1. The van der Waals surface area contributed by atoms with Crippen LogP contribution in [-0.2, 0) is 9.59 Å². The van der Waals surface area contributed by atoms with Crippen LogP contribution in [0.5, 0.6) is 0 Å². The Morgan fingerprint density at radius 3 is 2.77 bits per heavy atom. The lowest BCUT2D eigenvalue weighted by Crippen LogP contribution is -2.51. The van der Waals surface area contributed by atoms with E-state index in [0.717, 1.165) is 18.5 Å². The Morgan fingerprint density at radius 2 is 2.27 bits per heavy atom. The van der Waals surface area contributed by atoms with Crippen LogP contribution < -0.4 is 11.1 Å². The summed E-state index contributed by atoms with van der Waals surface area (Å²) in [5, 5.41) is 3.24. The second-order valence-corrected chi connectivity index (χ2v) is 6.36. The summed E-state index contributed by atoms with van der Waals surface area (Å²) in [5.41, 5.74) is 4.82. The summed E-state index contributed by atoms with van der Waals surface area (Å²) in [6, 6.07) is 0. The van der Waals surface area contributed by atoms with Crippen molar-refractivity contribution in [2.24, 2.45) is 28.9 Å². The second kappa shape index (κ2) is 6.73. The fraction of sp³-hybridized carbons (Fsp3) is 0.647. The number of hydrogen-bond acceptors (Lipinski definition) is 3. The lowest BCUT2D eigenvalue weighted by atomic mass is 9.59. The van der Waals surface area contributed by atoms with Crippen LogP contribution in [0.2, 0.25) is 0 Å². The molecule has 122 valence electrons. The van der Waals surface area contributed by atoms with Crippen molar-refractivity contribution in [1.82, 2.24) is 5.32 Å². The number of halogens is 1. The zero-order valence-electron chi connectivity index (χ0n) is 13.3. The average Bonchev–Trinajstić information content (AvgIpc) is 3.06. The molecule has 22 heavy (non-hydrogen) atoms. The standard InChI is InChI=1S/C17H25FN2O2/c1-3-11(2)15(21)17(10-18)13(12-7-8-20-9-12)5-4-6-14(17)16(19)22/h4-6,11-12,14,20H,3,7-10H2,1-2H3,(H2,19,22). The summed E-state index contributed by atoms with van der Waals surface area (Å²) >= 11 is 0. The molecular formula is C17H25FN2O2. The molecule has 5 heteroatoms. The van der Waals surface area contributed by atoms with Crippen LogP contribution in [-0.4, -0.2) is 31.5 Å². The largest absolute Gasteiger partial charge is 0.369 e. The Balaban J connectivity index is 2.53. The van der Waals surface area contributed by atoms with E-state index in [0.29, 0.717) is 13.0 Å². The van der Waals surface area contributed by atoms with Gasteiger partial charge in [0.1, 0.15) is 12.5 Å². The average molecular weight is 308 g/mol. The third kappa shape index (κ3) is 2.62. The smallest absolute Gasteiger partial charge is 0.225 e. The summed E-state index contributed by atoms with van der Waals surface area (Å²) in [5.74, 6) is -1.97. The number of hydrogen-bond donors (Lipinski definition) is 2. The summed E-state index contributed by atoms with van der Waals surface area (Å²) < 4.78 is 14.3. The topological polar surface area (TPSA) is 72.2 Å². The number of Topliss-reactive ketones (excluding diaryl/α,β-unsaturated/α-hetero) is 1. The Kier molecular flexibility index (Phi) is 5.16. The van der Waals surface area contributed by atoms with E-state index in [-0.39, 0.29) is 17.6 Å². The number of carbonyl (C=O) groups is 2. The molecule has 0 aromatic carbocycles. The van der Waals surface area contributed by atoms with E-state index in [1.54, 1.807) is 19.1 Å². The number of primary amides is 1. The van der Waals surface area contributed by atoms with E-state index in [4.69, 9.17) is 5.73 Å². The van der Waals surface area contributed by atoms with Gasteiger partial charge in [-0.05, 0) is 30.9 Å². The van der Waals surface area contributed by atoms with E-state index in [9.17, 15) is 14.0 Å². The summed E-state index contributed by atoms with van der Waals surface area (Å²) in [7, 11) is 0. The Hall–Kier alpha value is -1.49. The van der Waals surface area contributed by atoms with Gasteiger partial charge in [-0.3, -0.25) is 9.59 Å². The van der Waals surface area contributed by atoms with E-state index in [1.807, 2.05) is 13.0 Å². The minimum absolute atomic E-state index is 0.0792. The molecule has 0 saturated carbocycles. The zero-order chi connectivity index (χ0) is 16.3. The van der Waals surface area contributed by atoms with Gasteiger partial charge >= 0.3 is 0 Å². The highest BCUT2D eigenvalue weighted by atomic mass is 19.1. The minimum atomic E-state index is -1.42. The zero-order valence-corrected chi connectivity index (χ0v) is 13.3. The van der Waals surface area contributed by atoms with Gasteiger partial charge in [-0.2, -0.15) is 0 Å². The van der Waals surface area contributed by atoms with Crippen LogP contribution >= 0.6 is 0 Å². The summed E-state index contributed by atoms with van der Waals surface area (Å²) in [6.45, 7) is 4.36. The summed E-state index contributed by atoms with van der Waals surface area (Å²) in [6.07, 6.45) is 6.60. The first kappa shape index (κ1) is 16.9. The maximum Gasteiger partial charge on any atom is 0.225 e. The van der Waals surface area contributed by atoms with Crippen molar-refractivity contribution >= 4 is 11.7 Å². The number of amides is 1. The first-order chi connectivity index (χ1) is 10.5. The molecule has 1 heterocycles. The van der Waals surface area contributed by atoms with Crippen LogP contribution in [0, 0.1) is 23.2 Å². The van der Waals surface area contributed by atoms with Gasteiger partial charge in [-0.25, -0.2) is 4.39 Å². The van der Waals surface area contributed by atoms with Crippen LogP contribution in [0.4, 0.5) is 4.39 Å². The molecule has 4 unspecified atom stereocenters. The van der Waals surface area contributed by atoms with Crippen molar-refractivity contribution in [3.05, 3.63) is 23.8 Å². The fourth-order valence-corrected chi connectivity index (χ4v) is 3.67. The molecule has 1 fully saturated rings. The third-order valence-corrected chi connectivity index (χ3v) is 5.14. The number of carbonyl (C=O) groups excluding carboxylic acids is 2. The van der Waals surface area contributed by atoms with Gasteiger partial charge in [0, 0.05) is 12.5 Å².